The number of pyridine rings is 1. The van der Waals surface area contributed by atoms with Crippen molar-refractivity contribution in [3.8, 4) is 22.9 Å². The van der Waals surface area contributed by atoms with E-state index in [-0.39, 0.29) is 0 Å². The van der Waals surface area contributed by atoms with E-state index in [1.54, 1.807) is 0 Å². The zero-order chi connectivity index (χ0) is 33.3. The molecule has 0 bridgehead atoms. The summed E-state index contributed by atoms with van der Waals surface area (Å²) in [4.78, 5) is 9.69. The van der Waals surface area contributed by atoms with E-state index in [0.717, 1.165) is 77.5 Å². The topological polar surface area (TPSA) is 40.6 Å². The molecule has 5 nitrogen and oxygen atoms in total. The van der Waals surface area contributed by atoms with E-state index in [9.17, 15) is 0 Å². The number of hydrogen-bond acceptors (Lipinski definition) is 2. The van der Waals surface area contributed by atoms with Crippen LogP contribution in [0.15, 0.2) is 158 Å². The minimum Gasteiger partial charge on any atom is -0.327 e. The molecule has 0 fully saturated rings. The van der Waals surface area contributed by atoms with Crippen molar-refractivity contribution < 1.29 is 4.39 Å². The van der Waals surface area contributed by atoms with Crippen LogP contribution in [0, 0.1) is 0 Å². The molecule has 0 saturated carbocycles. The highest BCUT2D eigenvalue weighted by atomic mass is 19.1. The Balaban J connectivity index is 1.20. The number of imidazole rings is 1. The van der Waals surface area contributed by atoms with E-state index in [4.69, 9.17) is 9.97 Å². The second-order valence-corrected chi connectivity index (χ2v) is 12.8. The monoisotopic (exact) mass is 647 g/mol. The molecule has 0 spiro atoms. The molecule has 0 radical (unpaired) electrons. The van der Waals surface area contributed by atoms with Gasteiger partial charge in [0.1, 0.15) is 11.6 Å². The fourth-order valence-corrected chi connectivity index (χ4v) is 7.74. The third-order valence-corrected chi connectivity index (χ3v) is 10.00. The molecule has 1 atom stereocenters. The Hall–Kier alpha value is -6.53. The lowest BCUT2D eigenvalue weighted by Gasteiger charge is -2.13. The summed E-state index contributed by atoms with van der Waals surface area (Å²) in [5.41, 5.74) is 9.31. The lowest BCUT2D eigenvalue weighted by molar-refractivity contribution is 0.402. The SMILES string of the molecule is Cn1c(-c2cccc(C(F)c3ccc4c5ccc6c(c7ccccc7n6-c6ccccc6)c5n(-c5ccccn5)c4c3)c2)nc2ccccc21. The van der Waals surface area contributed by atoms with Crippen LogP contribution >= 0.6 is 0 Å². The van der Waals surface area contributed by atoms with Crippen LogP contribution in [0.1, 0.15) is 17.3 Å². The molecule has 10 rings (SSSR count). The van der Waals surface area contributed by atoms with E-state index in [1.165, 1.54) is 0 Å². The second-order valence-electron chi connectivity index (χ2n) is 12.8. The molecule has 50 heavy (non-hydrogen) atoms. The van der Waals surface area contributed by atoms with Crippen LogP contribution in [0.2, 0.25) is 0 Å². The number of hydrogen-bond donors (Lipinski definition) is 0. The van der Waals surface area contributed by atoms with E-state index < -0.39 is 6.17 Å². The molecule has 0 amide bonds. The summed E-state index contributed by atoms with van der Waals surface area (Å²) < 4.78 is 23.4. The first-order chi connectivity index (χ1) is 24.7. The second kappa shape index (κ2) is 11.0. The maximum Gasteiger partial charge on any atom is 0.150 e. The van der Waals surface area contributed by atoms with Crippen molar-refractivity contribution in [3.05, 3.63) is 169 Å². The number of benzene rings is 6. The molecular weight excluding hydrogens is 618 g/mol. The van der Waals surface area contributed by atoms with Crippen LogP contribution in [0.4, 0.5) is 4.39 Å². The van der Waals surface area contributed by atoms with E-state index in [1.807, 2.05) is 92.1 Å². The smallest absolute Gasteiger partial charge is 0.150 e. The first-order valence-electron chi connectivity index (χ1n) is 16.8. The van der Waals surface area contributed by atoms with Gasteiger partial charge in [0.15, 0.2) is 6.17 Å². The van der Waals surface area contributed by atoms with Gasteiger partial charge in [0.25, 0.3) is 0 Å². The normalized spacial score (nSPS) is 12.5. The highest BCUT2D eigenvalue weighted by Gasteiger charge is 2.23. The van der Waals surface area contributed by atoms with Crippen molar-refractivity contribution in [3.63, 3.8) is 0 Å². The molecule has 0 aliphatic carbocycles. The molecule has 0 N–H and O–H groups in total. The fraction of sp³-hybridized carbons (Fsp3) is 0.0455. The molecule has 0 aliphatic rings. The summed E-state index contributed by atoms with van der Waals surface area (Å²) in [6.45, 7) is 0. The minimum absolute atomic E-state index is 0.586. The van der Waals surface area contributed by atoms with Gasteiger partial charge in [-0.05, 0) is 71.8 Å². The highest BCUT2D eigenvalue weighted by molar-refractivity contribution is 6.26. The van der Waals surface area contributed by atoms with Crippen molar-refractivity contribution in [2.75, 3.05) is 0 Å². The van der Waals surface area contributed by atoms with Gasteiger partial charge in [-0.25, -0.2) is 14.4 Å². The Kier molecular flexibility index (Phi) is 6.27. The Labute approximate surface area is 287 Å². The first-order valence-corrected chi connectivity index (χ1v) is 16.8. The van der Waals surface area contributed by atoms with Crippen LogP contribution in [0.3, 0.4) is 0 Å². The van der Waals surface area contributed by atoms with Gasteiger partial charge in [-0.3, -0.25) is 4.57 Å². The third-order valence-electron chi connectivity index (χ3n) is 10.00. The van der Waals surface area contributed by atoms with Crippen LogP contribution in [0.25, 0.3) is 77.5 Å². The lowest BCUT2D eigenvalue weighted by Crippen LogP contribution is -1.99. The molecule has 4 aromatic heterocycles. The molecule has 6 aromatic carbocycles. The number of halogens is 1. The fourth-order valence-electron chi connectivity index (χ4n) is 7.74. The van der Waals surface area contributed by atoms with Crippen LogP contribution in [0.5, 0.6) is 0 Å². The van der Waals surface area contributed by atoms with Crippen molar-refractivity contribution >= 4 is 54.6 Å². The van der Waals surface area contributed by atoms with E-state index >= 15 is 4.39 Å². The highest BCUT2D eigenvalue weighted by Crippen LogP contribution is 2.43. The Morgan fingerprint density at radius 2 is 1.32 bits per heavy atom. The predicted octanol–water partition coefficient (Wildman–Crippen LogP) is 10.9. The van der Waals surface area contributed by atoms with Gasteiger partial charge in [0, 0.05) is 46.0 Å². The number of rotatable bonds is 5. The number of para-hydroxylation sites is 4. The molecular formula is C44H30FN5. The van der Waals surface area contributed by atoms with Gasteiger partial charge in [-0.2, -0.15) is 0 Å². The zero-order valence-corrected chi connectivity index (χ0v) is 27.2. The zero-order valence-electron chi connectivity index (χ0n) is 27.2. The van der Waals surface area contributed by atoms with Crippen LogP contribution < -0.4 is 0 Å². The molecule has 1 unspecified atom stereocenters. The van der Waals surface area contributed by atoms with Gasteiger partial charge in [0.05, 0.1) is 33.1 Å². The number of nitrogens with zero attached hydrogens (tertiary/aromatic N) is 5. The van der Waals surface area contributed by atoms with Crippen LogP contribution in [-0.2, 0) is 7.05 Å². The largest absolute Gasteiger partial charge is 0.327 e. The van der Waals surface area contributed by atoms with Gasteiger partial charge >= 0.3 is 0 Å². The molecule has 4 heterocycles. The Morgan fingerprint density at radius 3 is 2.16 bits per heavy atom. The van der Waals surface area contributed by atoms with Gasteiger partial charge in [-0.15, -0.1) is 0 Å². The first kappa shape index (κ1) is 28.5. The van der Waals surface area contributed by atoms with Crippen LogP contribution in [-0.4, -0.2) is 23.7 Å². The number of alkyl halides is 1. The predicted molar refractivity (Wildman–Crippen MR) is 202 cm³/mol. The van der Waals surface area contributed by atoms with Crippen molar-refractivity contribution in [2.24, 2.45) is 7.05 Å². The third kappa shape index (κ3) is 4.18. The van der Waals surface area contributed by atoms with E-state index in [0.29, 0.717) is 11.1 Å². The number of aromatic nitrogens is 5. The summed E-state index contributed by atoms with van der Waals surface area (Å²) in [5, 5.41) is 4.44. The van der Waals surface area contributed by atoms with Gasteiger partial charge in [0.2, 0.25) is 0 Å². The maximum absolute atomic E-state index is 16.8. The molecule has 10 aromatic rings. The standard InChI is InChI=1S/C44H30FN5/c1-48-37-19-8-6-17-35(37)47-44(48)30-13-11-12-28(26-30)42(45)29-21-22-32-33-23-24-38-41(43(33)50(39(32)27-29)40-20-9-10-25-46-40)34-16-5-7-18-36(34)49(38)31-14-3-2-4-15-31/h2-27,42H,1H3. The lowest BCUT2D eigenvalue weighted by atomic mass is 9.99. The number of fused-ring (bicyclic) bond motifs is 8. The summed E-state index contributed by atoms with van der Waals surface area (Å²) in [6.07, 6.45) is 0.471. The average molecular weight is 648 g/mol. The summed E-state index contributed by atoms with van der Waals surface area (Å²) in [5.74, 6) is 1.60. The quantitative estimate of drug-likeness (QED) is 0.187. The Morgan fingerprint density at radius 1 is 0.560 bits per heavy atom. The number of aryl methyl sites for hydroxylation is 1. The van der Waals surface area contributed by atoms with Crippen molar-refractivity contribution in [1.82, 2.24) is 23.7 Å². The Bertz CT molecular complexity index is 2900. The molecule has 0 aliphatic heterocycles. The average Bonchev–Trinajstić information content (AvgIpc) is 3.82. The maximum atomic E-state index is 16.8. The molecule has 6 heteroatoms. The summed E-state index contributed by atoms with van der Waals surface area (Å²) in [6, 6.07) is 51.1. The summed E-state index contributed by atoms with van der Waals surface area (Å²) >= 11 is 0. The van der Waals surface area contributed by atoms with Gasteiger partial charge in [-0.1, -0.05) is 91.0 Å². The van der Waals surface area contributed by atoms with Crippen molar-refractivity contribution in [1.29, 1.82) is 0 Å². The molecule has 0 saturated heterocycles. The molecule has 238 valence electrons. The summed E-state index contributed by atoms with van der Waals surface area (Å²) in [7, 11) is 2.00. The minimum atomic E-state index is -1.34. The van der Waals surface area contributed by atoms with E-state index in [2.05, 4.69) is 86.5 Å². The van der Waals surface area contributed by atoms with Crippen molar-refractivity contribution in [2.45, 2.75) is 6.17 Å². The van der Waals surface area contributed by atoms with Gasteiger partial charge < -0.3 is 9.13 Å².